The fraction of sp³-hybridized carbons (Fsp3) is 0.167. The molecule has 0 saturated heterocycles. The second-order valence-electron chi connectivity index (χ2n) is 8.11. The van der Waals surface area contributed by atoms with Gasteiger partial charge in [-0.15, -0.1) is 4.91 Å². The number of benzene rings is 3. The topological polar surface area (TPSA) is 136 Å². The van der Waals surface area contributed by atoms with Gasteiger partial charge in [-0.25, -0.2) is 0 Å². The molecule has 2 aliphatic rings. The van der Waals surface area contributed by atoms with E-state index in [-0.39, 0.29) is 27.9 Å². The molecule has 0 heterocycles. The van der Waals surface area contributed by atoms with Crippen molar-refractivity contribution in [3.05, 3.63) is 86.8 Å². The number of hydrogen-bond donors (Lipinski definition) is 2. The summed E-state index contributed by atoms with van der Waals surface area (Å²) in [6.45, 7) is 0. The lowest BCUT2D eigenvalue weighted by Crippen LogP contribution is -2.25. The number of nitroso groups, excluding NO2 is 1. The van der Waals surface area contributed by atoms with Crippen LogP contribution in [-0.2, 0) is 22.9 Å². The number of nitrogens with one attached hydrogen (secondary N) is 1. The Morgan fingerprint density at radius 3 is 2.21 bits per heavy atom. The van der Waals surface area contributed by atoms with E-state index in [9.17, 15) is 22.9 Å². The van der Waals surface area contributed by atoms with Gasteiger partial charge in [0.2, 0.25) is 0 Å². The maximum absolute atomic E-state index is 13.5. The summed E-state index contributed by atoms with van der Waals surface area (Å²) in [7, 11) is -4.67. The summed E-state index contributed by atoms with van der Waals surface area (Å²) < 4.78 is 27.0. The number of aryl methyl sites for hydroxylation is 1. The highest BCUT2D eigenvalue weighted by molar-refractivity contribution is 7.90. The van der Waals surface area contributed by atoms with Crippen molar-refractivity contribution in [2.24, 2.45) is 4.58 Å². The van der Waals surface area contributed by atoms with Crippen molar-refractivity contribution < 1.29 is 18.0 Å². The van der Waals surface area contributed by atoms with Gasteiger partial charge < -0.3 is 11.1 Å². The molecule has 0 spiro atoms. The average molecular weight is 461 g/mol. The van der Waals surface area contributed by atoms with E-state index in [0.29, 0.717) is 5.69 Å². The Morgan fingerprint density at radius 1 is 0.848 bits per heavy atom. The van der Waals surface area contributed by atoms with Gasteiger partial charge in [-0.3, -0.25) is 9.59 Å². The Hall–Kier alpha value is -3.85. The number of ketones is 2. The van der Waals surface area contributed by atoms with E-state index in [2.05, 4.69) is 9.90 Å². The molecule has 0 fully saturated rings. The molecule has 0 saturated carbocycles. The summed E-state index contributed by atoms with van der Waals surface area (Å²) in [6.07, 6.45) is 3.83. The van der Waals surface area contributed by atoms with Crippen LogP contribution in [0.2, 0.25) is 0 Å². The van der Waals surface area contributed by atoms with Crippen LogP contribution in [0, 0.1) is 4.91 Å². The number of anilines is 3. The minimum Gasteiger partial charge on any atom is -0.397 e. The quantitative estimate of drug-likeness (QED) is 0.345. The summed E-state index contributed by atoms with van der Waals surface area (Å²) in [5.74, 6) is -1.04. The van der Waals surface area contributed by atoms with Crippen LogP contribution in [0.25, 0.3) is 0 Å². The summed E-state index contributed by atoms with van der Waals surface area (Å²) in [4.78, 5) is 37.2. The molecule has 0 aliphatic heterocycles. The van der Waals surface area contributed by atoms with Crippen LogP contribution in [0.5, 0.6) is 0 Å². The zero-order valence-electron chi connectivity index (χ0n) is 17.4. The third-order valence-electron chi connectivity index (χ3n) is 6.24. The standard InChI is InChI=1S/C24H19N3O5S/c25-22-19(33(31,32)27-30)12-18(26-17-11-5-7-13-6-1-2-8-14(13)17)20-21(22)24(29)16-10-4-3-9-15(16)23(20)28/h3-5,7,9-12,26H,1-2,6,8,25H2. The molecule has 3 N–H and O–H groups in total. The van der Waals surface area contributed by atoms with Crippen LogP contribution in [0.15, 0.2) is 58.0 Å². The third-order valence-corrected chi connectivity index (χ3v) is 7.33. The van der Waals surface area contributed by atoms with Gasteiger partial charge in [0, 0.05) is 16.8 Å². The van der Waals surface area contributed by atoms with Gasteiger partial charge >= 0.3 is 10.0 Å². The number of sulfonamides is 1. The predicted molar refractivity (Wildman–Crippen MR) is 124 cm³/mol. The van der Waals surface area contributed by atoms with Crippen molar-refractivity contribution in [1.82, 2.24) is 0 Å². The van der Waals surface area contributed by atoms with Gasteiger partial charge in [-0.1, -0.05) is 36.4 Å². The summed E-state index contributed by atoms with van der Waals surface area (Å²) in [5, 5.41) is 3.17. The molecular formula is C24H19N3O5S. The zero-order valence-corrected chi connectivity index (χ0v) is 18.2. The van der Waals surface area contributed by atoms with Gasteiger partial charge in [-0.05, 0) is 48.9 Å². The number of rotatable bonds is 4. The Labute approximate surface area is 189 Å². The minimum atomic E-state index is -4.67. The van der Waals surface area contributed by atoms with Crippen molar-refractivity contribution in [2.45, 2.75) is 30.6 Å². The molecule has 0 atom stereocenters. The van der Waals surface area contributed by atoms with Crippen molar-refractivity contribution in [3.63, 3.8) is 0 Å². The smallest absolute Gasteiger partial charge is 0.319 e. The summed E-state index contributed by atoms with van der Waals surface area (Å²) in [5.41, 5.74) is 8.72. The summed E-state index contributed by atoms with van der Waals surface area (Å²) in [6, 6.07) is 13.1. The molecular weight excluding hydrogens is 442 g/mol. The van der Waals surface area contributed by atoms with Crippen LogP contribution in [0.1, 0.15) is 55.8 Å². The van der Waals surface area contributed by atoms with Gasteiger partial charge in [0.05, 0.1) is 27.1 Å². The SMILES string of the molecule is Nc1c(S(=O)(=O)N=O)cc(Nc2cccc3c2CCCC3)c2c1C(=O)c1ccccc1C2=O. The van der Waals surface area contributed by atoms with Gasteiger partial charge in [0.25, 0.3) is 0 Å². The van der Waals surface area contributed by atoms with Crippen molar-refractivity contribution in [3.8, 4) is 0 Å². The second kappa shape index (κ2) is 7.63. The third kappa shape index (κ3) is 3.23. The number of carbonyl (C=O) groups excluding carboxylic acids is 2. The first kappa shape index (κ1) is 21.0. The molecule has 8 nitrogen and oxygen atoms in total. The monoisotopic (exact) mass is 461 g/mol. The fourth-order valence-electron chi connectivity index (χ4n) is 4.69. The molecule has 3 aromatic carbocycles. The number of nitrogen functional groups attached to an aromatic ring is 1. The van der Waals surface area contributed by atoms with Crippen molar-refractivity contribution in [1.29, 1.82) is 0 Å². The first-order chi connectivity index (χ1) is 15.8. The Morgan fingerprint density at radius 2 is 1.52 bits per heavy atom. The van der Waals surface area contributed by atoms with Crippen LogP contribution >= 0.6 is 0 Å². The van der Waals surface area contributed by atoms with Gasteiger partial charge in [0.15, 0.2) is 11.6 Å². The fourth-order valence-corrected chi connectivity index (χ4v) is 5.42. The molecule has 0 amide bonds. The molecule has 0 unspecified atom stereocenters. The van der Waals surface area contributed by atoms with E-state index in [1.165, 1.54) is 11.6 Å². The van der Waals surface area contributed by atoms with Crippen LogP contribution in [-0.4, -0.2) is 20.0 Å². The number of nitrogens with zero attached hydrogens (tertiary/aromatic N) is 1. The Bertz CT molecular complexity index is 1480. The van der Waals surface area contributed by atoms with E-state index in [0.717, 1.165) is 37.3 Å². The lowest BCUT2D eigenvalue weighted by Gasteiger charge is -2.25. The second-order valence-corrected chi connectivity index (χ2v) is 9.65. The van der Waals surface area contributed by atoms with E-state index in [4.69, 9.17) is 5.73 Å². The highest BCUT2D eigenvalue weighted by atomic mass is 32.2. The molecule has 2 aliphatic carbocycles. The normalized spacial score (nSPS) is 14.8. The molecule has 166 valence electrons. The van der Waals surface area contributed by atoms with Crippen LogP contribution in [0.4, 0.5) is 17.1 Å². The average Bonchev–Trinajstić information content (AvgIpc) is 2.83. The predicted octanol–water partition coefficient (Wildman–Crippen LogP) is 4.12. The number of hydrogen-bond acceptors (Lipinski definition) is 7. The van der Waals surface area contributed by atoms with Crippen LogP contribution < -0.4 is 11.1 Å². The van der Waals surface area contributed by atoms with E-state index in [1.807, 2.05) is 18.2 Å². The number of carbonyl (C=O) groups is 2. The highest BCUT2D eigenvalue weighted by Crippen LogP contribution is 2.41. The van der Waals surface area contributed by atoms with E-state index < -0.39 is 32.2 Å². The minimum absolute atomic E-state index is 0.0190. The molecule has 0 radical (unpaired) electrons. The molecule has 3 aromatic rings. The number of nitrogens with two attached hydrogens (primary N) is 1. The maximum atomic E-state index is 13.5. The molecule has 0 bridgehead atoms. The lowest BCUT2D eigenvalue weighted by atomic mass is 9.82. The van der Waals surface area contributed by atoms with Gasteiger partial charge in [-0.2, -0.15) is 8.42 Å². The van der Waals surface area contributed by atoms with E-state index in [1.54, 1.807) is 18.2 Å². The van der Waals surface area contributed by atoms with Gasteiger partial charge in [0.1, 0.15) is 4.90 Å². The van der Waals surface area contributed by atoms with E-state index >= 15 is 0 Å². The molecule has 9 heteroatoms. The first-order valence-electron chi connectivity index (χ1n) is 10.5. The molecule has 5 rings (SSSR count). The largest absolute Gasteiger partial charge is 0.397 e. The lowest BCUT2D eigenvalue weighted by molar-refractivity contribution is 0.0980. The maximum Gasteiger partial charge on any atom is 0.319 e. The van der Waals surface area contributed by atoms with Crippen molar-refractivity contribution >= 4 is 38.7 Å². The Kier molecular flexibility index (Phi) is 4.86. The molecule has 0 aromatic heterocycles. The summed E-state index contributed by atoms with van der Waals surface area (Å²) >= 11 is 0. The molecule has 33 heavy (non-hydrogen) atoms. The number of fused-ring (bicyclic) bond motifs is 3. The Balaban J connectivity index is 1.79. The van der Waals surface area contributed by atoms with Crippen LogP contribution in [0.3, 0.4) is 0 Å². The van der Waals surface area contributed by atoms with Crippen molar-refractivity contribution in [2.75, 3.05) is 11.1 Å². The zero-order chi connectivity index (χ0) is 23.3. The highest BCUT2D eigenvalue weighted by Gasteiger charge is 2.37. The first-order valence-corrected chi connectivity index (χ1v) is 11.9.